The average molecular weight is 365 g/mol. The number of anilines is 2. The van der Waals surface area contributed by atoms with Gasteiger partial charge in [0.05, 0.1) is 39.2 Å². The van der Waals surface area contributed by atoms with Crippen LogP contribution in [0.5, 0.6) is 5.75 Å². The molecule has 138 valence electrons. The molecule has 2 aromatic rings. The number of non-ortho nitro benzene ring substituents is 2. The van der Waals surface area contributed by atoms with Crippen LogP contribution in [0.1, 0.15) is 6.92 Å². The first-order chi connectivity index (χ1) is 12.2. The van der Waals surface area contributed by atoms with Crippen molar-refractivity contribution < 1.29 is 19.5 Å². The maximum absolute atomic E-state index is 10.4. The highest BCUT2D eigenvalue weighted by atomic mass is 16.6. The van der Waals surface area contributed by atoms with Crippen molar-refractivity contribution >= 4 is 28.4 Å². The van der Waals surface area contributed by atoms with Crippen molar-refractivity contribution in [1.82, 2.24) is 0 Å². The lowest BCUT2D eigenvalue weighted by atomic mass is 10.2. The minimum Gasteiger partial charge on any atom is -0.491 e. The number of nitrogens with two attached hydrogens (primary N) is 2. The molecule has 0 saturated heterocycles. The van der Waals surface area contributed by atoms with Gasteiger partial charge < -0.3 is 16.2 Å². The van der Waals surface area contributed by atoms with Crippen LogP contribution in [0, 0.1) is 30.3 Å². The molecule has 4 N–H and O–H groups in total. The van der Waals surface area contributed by atoms with E-state index in [0.29, 0.717) is 18.0 Å². The lowest BCUT2D eigenvalue weighted by Gasteiger charge is -2.05. The normalized spacial score (nSPS) is 9.58. The number of ether oxygens (including phenoxy) is 1. The van der Waals surface area contributed by atoms with Crippen LogP contribution in [0.4, 0.5) is 28.4 Å². The predicted octanol–water partition coefficient (Wildman–Crippen LogP) is 2.66. The van der Waals surface area contributed by atoms with Gasteiger partial charge in [-0.05, 0) is 19.1 Å². The van der Waals surface area contributed by atoms with E-state index < -0.39 is 20.5 Å². The summed E-state index contributed by atoms with van der Waals surface area (Å²) in [6, 6.07) is 7.20. The Balaban J connectivity index is 0.000000260. The van der Waals surface area contributed by atoms with E-state index >= 15 is 0 Å². The van der Waals surface area contributed by atoms with E-state index in [1.165, 1.54) is 18.2 Å². The van der Waals surface area contributed by atoms with Crippen LogP contribution in [0.3, 0.4) is 0 Å². The van der Waals surface area contributed by atoms with Crippen LogP contribution < -0.4 is 16.2 Å². The van der Waals surface area contributed by atoms with Gasteiger partial charge >= 0.3 is 0 Å². The summed E-state index contributed by atoms with van der Waals surface area (Å²) < 4.78 is 5.10. The Morgan fingerprint density at radius 1 is 0.846 bits per heavy atom. The lowest BCUT2D eigenvalue weighted by molar-refractivity contribution is -0.393. The van der Waals surface area contributed by atoms with Crippen LogP contribution in [0.15, 0.2) is 36.4 Å². The third-order valence-corrected chi connectivity index (χ3v) is 2.93. The molecule has 0 aliphatic heterocycles. The number of nitrogens with zero attached hydrogens (tertiary/aromatic N) is 3. The third-order valence-electron chi connectivity index (χ3n) is 2.93. The second-order valence-electron chi connectivity index (χ2n) is 4.67. The summed E-state index contributed by atoms with van der Waals surface area (Å²) in [4.78, 5) is 28.9. The summed E-state index contributed by atoms with van der Waals surface area (Å²) in [5, 5.41) is 30.9. The van der Waals surface area contributed by atoms with Crippen LogP contribution >= 0.6 is 0 Å². The lowest BCUT2D eigenvalue weighted by Crippen LogP contribution is -1.98. The molecule has 0 bridgehead atoms. The summed E-state index contributed by atoms with van der Waals surface area (Å²) in [6.07, 6.45) is 0. The molecule has 12 nitrogen and oxygen atoms in total. The number of rotatable bonds is 5. The zero-order valence-corrected chi connectivity index (χ0v) is 13.5. The van der Waals surface area contributed by atoms with Gasteiger partial charge in [0.2, 0.25) is 0 Å². The third kappa shape index (κ3) is 5.30. The molecule has 0 atom stereocenters. The molecule has 0 radical (unpaired) electrons. The highest BCUT2D eigenvalue weighted by Crippen LogP contribution is 2.27. The van der Waals surface area contributed by atoms with E-state index in [1.54, 1.807) is 6.92 Å². The van der Waals surface area contributed by atoms with Crippen molar-refractivity contribution in [2.45, 2.75) is 6.92 Å². The quantitative estimate of drug-likeness (QED) is 0.455. The van der Waals surface area contributed by atoms with E-state index in [9.17, 15) is 30.3 Å². The molecule has 2 aromatic carbocycles. The summed E-state index contributed by atoms with van der Waals surface area (Å²) >= 11 is 0. The second-order valence-corrected chi connectivity index (χ2v) is 4.67. The molecule has 0 unspecified atom stereocenters. The molecule has 0 aliphatic carbocycles. The van der Waals surface area contributed by atoms with E-state index in [2.05, 4.69) is 0 Å². The summed E-state index contributed by atoms with van der Waals surface area (Å²) in [6.45, 7) is 2.23. The second kappa shape index (κ2) is 8.77. The SMILES string of the molecule is CCOc1cc([N+](=O)[O-])ccc1N.Nc1ccc([N+](=O)[O-])cc1[N+](=O)[O-]. The Labute approximate surface area is 146 Å². The fraction of sp³-hybridized carbons (Fsp3) is 0.143. The van der Waals surface area contributed by atoms with Crippen molar-refractivity contribution in [2.75, 3.05) is 18.1 Å². The number of nitrogen functional groups attached to an aromatic ring is 2. The Bertz CT molecular complexity index is 840. The highest BCUT2D eigenvalue weighted by Gasteiger charge is 2.16. The molecule has 26 heavy (non-hydrogen) atoms. The van der Waals surface area contributed by atoms with Crippen molar-refractivity contribution in [2.24, 2.45) is 0 Å². The van der Waals surface area contributed by atoms with Gasteiger partial charge in [-0.3, -0.25) is 30.3 Å². The van der Waals surface area contributed by atoms with Gasteiger partial charge in [0.15, 0.2) is 0 Å². The molecule has 0 heterocycles. The molecule has 0 aliphatic rings. The average Bonchev–Trinajstić information content (AvgIpc) is 2.57. The fourth-order valence-corrected chi connectivity index (χ4v) is 1.72. The Morgan fingerprint density at radius 3 is 1.81 bits per heavy atom. The van der Waals surface area contributed by atoms with Crippen molar-refractivity contribution in [3.8, 4) is 5.75 Å². The van der Waals surface area contributed by atoms with E-state index in [4.69, 9.17) is 16.2 Å². The molecular weight excluding hydrogens is 350 g/mol. The number of nitro groups is 3. The van der Waals surface area contributed by atoms with Crippen LogP contribution in [-0.2, 0) is 0 Å². The van der Waals surface area contributed by atoms with E-state index in [0.717, 1.165) is 18.2 Å². The maximum atomic E-state index is 10.4. The van der Waals surface area contributed by atoms with E-state index in [1.807, 2.05) is 0 Å². The molecule has 0 fully saturated rings. The first kappa shape index (κ1) is 20.1. The number of hydrogen-bond acceptors (Lipinski definition) is 9. The predicted molar refractivity (Wildman–Crippen MR) is 92.8 cm³/mol. The smallest absolute Gasteiger partial charge is 0.298 e. The molecule has 0 saturated carbocycles. The van der Waals surface area contributed by atoms with Gasteiger partial charge in [-0.15, -0.1) is 0 Å². The monoisotopic (exact) mass is 365 g/mol. The van der Waals surface area contributed by atoms with Crippen molar-refractivity contribution in [1.29, 1.82) is 0 Å². The molecule has 0 spiro atoms. The molecule has 0 amide bonds. The van der Waals surface area contributed by atoms with E-state index in [-0.39, 0.29) is 17.1 Å². The molecule has 0 aromatic heterocycles. The van der Waals surface area contributed by atoms with Crippen LogP contribution in [0.2, 0.25) is 0 Å². The van der Waals surface area contributed by atoms with Gasteiger partial charge in [0, 0.05) is 12.1 Å². The number of benzene rings is 2. The minimum atomic E-state index is -0.762. The number of nitro benzene ring substituents is 3. The topological polar surface area (TPSA) is 191 Å². The zero-order chi connectivity index (χ0) is 19.9. The first-order valence-corrected chi connectivity index (χ1v) is 7.02. The molecule has 12 heteroatoms. The first-order valence-electron chi connectivity index (χ1n) is 7.02. The summed E-state index contributed by atoms with van der Waals surface area (Å²) in [7, 11) is 0. The zero-order valence-electron chi connectivity index (χ0n) is 13.5. The Morgan fingerprint density at radius 2 is 1.35 bits per heavy atom. The highest BCUT2D eigenvalue weighted by molar-refractivity contribution is 5.62. The van der Waals surface area contributed by atoms with Crippen LogP contribution in [-0.4, -0.2) is 21.4 Å². The Hall–Kier alpha value is -3.96. The van der Waals surface area contributed by atoms with Gasteiger partial charge in [-0.25, -0.2) is 0 Å². The molecule has 2 rings (SSSR count). The minimum absolute atomic E-state index is 0.0161. The van der Waals surface area contributed by atoms with Crippen molar-refractivity contribution in [3.63, 3.8) is 0 Å². The van der Waals surface area contributed by atoms with Gasteiger partial charge in [-0.2, -0.15) is 0 Å². The van der Waals surface area contributed by atoms with Gasteiger partial charge in [0.1, 0.15) is 11.4 Å². The summed E-state index contributed by atoms with van der Waals surface area (Å²) in [5.74, 6) is 0.358. The fourth-order valence-electron chi connectivity index (χ4n) is 1.72. The number of hydrogen-bond donors (Lipinski definition) is 2. The van der Waals surface area contributed by atoms with Crippen LogP contribution in [0.25, 0.3) is 0 Å². The molecular formula is C14H15N5O7. The van der Waals surface area contributed by atoms with Gasteiger partial charge in [0.25, 0.3) is 17.1 Å². The summed E-state index contributed by atoms with van der Waals surface area (Å²) in [5.41, 5.74) is 10.3. The Kier molecular flexibility index (Phi) is 6.77. The van der Waals surface area contributed by atoms with Gasteiger partial charge in [-0.1, -0.05) is 0 Å². The largest absolute Gasteiger partial charge is 0.491 e. The standard InChI is InChI=1S/C8H10N2O3.C6H5N3O4/c1-2-13-8-5-6(10(11)12)3-4-7(8)9;7-5-2-1-4(8(10)11)3-6(5)9(12)13/h3-5H,2,9H2,1H3;1-3H,7H2. The maximum Gasteiger partial charge on any atom is 0.298 e. The van der Waals surface area contributed by atoms with Crippen molar-refractivity contribution in [3.05, 3.63) is 66.7 Å².